The molecule has 0 N–H and O–H groups in total. The van der Waals surface area contributed by atoms with E-state index in [0.717, 1.165) is 5.75 Å². The van der Waals surface area contributed by atoms with Crippen LogP contribution in [0.5, 0.6) is 5.75 Å². The summed E-state index contributed by atoms with van der Waals surface area (Å²) in [6.45, 7) is 0. The van der Waals surface area contributed by atoms with Gasteiger partial charge in [-0.25, -0.2) is 0 Å². The Labute approximate surface area is 107 Å². The smallest absolute Gasteiger partial charge is 0.157 e. The van der Waals surface area contributed by atoms with Crippen molar-refractivity contribution in [3.8, 4) is 5.75 Å². The summed E-state index contributed by atoms with van der Waals surface area (Å²) >= 11 is 2.03. The van der Waals surface area contributed by atoms with Gasteiger partial charge in [0, 0.05) is 0 Å². The second kappa shape index (κ2) is 5.34. The third-order valence-corrected chi connectivity index (χ3v) is 4.80. The molecule has 1 saturated carbocycles. The van der Waals surface area contributed by atoms with Crippen LogP contribution >= 0.6 is 11.8 Å². The highest BCUT2D eigenvalue weighted by atomic mass is 32.2. The molecule has 1 aromatic rings. The molecule has 0 radical (unpaired) electrons. The van der Waals surface area contributed by atoms with Gasteiger partial charge < -0.3 is 4.74 Å². The van der Waals surface area contributed by atoms with E-state index in [1.165, 1.54) is 50.0 Å². The number of hydrogen-bond donors (Lipinski definition) is 0. The van der Waals surface area contributed by atoms with Crippen LogP contribution in [-0.4, -0.2) is 27.4 Å². The summed E-state index contributed by atoms with van der Waals surface area (Å²) in [4.78, 5) is 0. The molecule has 0 unspecified atom stereocenters. The lowest BCUT2D eigenvalue weighted by molar-refractivity contribution is 0.192. The third-order valence-electron chi connectivity index (χ3n) is 3.75. The van der Waals surface area contributed by atoms with Crippen molar-refractivity contribution in [1.29, 1.82) is 0 Å². The number of rotatable bonds is 3. The lowest BCUT2D eigenvalue weighted by Gasteiger charge is -2.21. The van der Waals surface area contributed by atoms with Crippen molar-refractivity contribution in [2.45, 2.75) is 50.7 Å². The van der Waals surface area contributed by atoms with Crippen LogP contribution in [0.2, 0.25) is 0 Å². The van der Waals surface area contributed by atoms with E-state index >= 15 is 0 Å². The SMILES string of the molecule is c1nn(C2CCCC2)cc1OC1CCSCC1. The molecule has 0 spiro atoms. The maximum absolute atomic E-state index is 6.00. The Bertz CT molecular complexity index is 354. The lowest BCUT2D eigenvalue weighted by atomic mass is 10.2. The summed E-state index contributed by atoms with van der Waals surface area (Å²) in [7, 11) is 0. The minimum atomic E-state index is 0.414. The van der Waals surface area contributed by atoms with Gasteiger partial charge in [-0.05, 0) is 37.2 Å². The lowest BCUT2D eigenvalue weighted by Crippen LogP contribution is -2.21. The molecule has 0 amide bonds. The average Bonchev–Trinajstić information content (AvgIpc) is 3.00. The van der Waals surface area contributed by atoms with Crippen molar-refractivity contribution in [3.63, 3.8) is 0 Å². The first-order chi connectivity index (χ1) is 8.42. The summed E-state index contributed by atoms with van der Waals surface area (Å²) in [6.07, 6.45) is 12.0. The molecule has 2 aliphatic rings. The molecule has 17 heavy (non-hydrogen) atoms. The van der Waals surface area contributed by atoms with Crippen molar-refractivity contribution in [3.05, 3.63) is 12.4 Å². The van der Waals surface area contributed by atoms with Gasteiger partial charge in [0.1, 0.15) is 6.10 Å². The van der Waals surface area contributed by atoms with Crippen LogP contribution in [0.15, 0.2) is 12.4 Å². The quantitative estimate of drug-likeness (QED) is 0.826. The molecule has 4 heteroatoms. The molecular weight excluding hydrogens is 232 g/mol. The molecule has 1 aliphatic heterocycles. The van der Waals surface area contributed by atoms with Gasteiger partial charge in [0.2, 0.25) is 0 Å². The number of hydrogen-bond acceptors (Lipinski definition) is 3. The fraction of sp³-hybridized carbons (Fsp3) is 0.769. The summed E-state index contributed by atoms with van der Waals surface area (Å²) < 4.78 is 8.11. The van der Waals surface area contributed by atoms with Gasteiger partial charge in [-0.3, -0.25) is 4.68 Å². The highest BCUT2D eigenvalue weighted by Gasteiger charge is 2.19. The zero-order chi connectivity index (χ0) is 11.5. The minimum absolute atomic E-state index is 0.414. The van der Waals surface area contributed by atoms with Gasteiger partial charge in [0.25, 0.3) is 0 Å². The second-order valence-corrected chi connectivity index (χ2v) is 6.25. The number of ether oxygens (including phenoxy) is 1. The van der Waals surface area contributed by atoms with E-state index in [-0.39, 0.29) is 0 Å². The fourth-order valence-corrected chi connectivity index (χ4v) is 3.80. The Morgan fingerprint density at radius 3 is 2.71 bits per heavy atom. The van der Waals surface area contributed by atoms with E-state index in [4.69, 9.17) is 4.74 Å². The Balaban J connectivity index is 1.59. The van der Waals surface area contributed by atoms with Crippen molar-refractivity contribution in [2.75, 3.05) is 11.5 Å². The van der Waals surface area contributed by atoms with Crippen LogP contribution in [0.25, 0.3) is 0 Å². The van der Waals surface area contributed by atoms with Crippen molar-refractivity contribution in [1.82, 2.24) is 9.78 Å². The van der Waals surface area contributed by atoms with E-state index < -0.39 is 0 Å². The topological polar surface area (TPSA) is 27.1 Å². The number of aromatic nitrogens is 2. The minimum Gasteiger partial charge on any atom is -0.487 e. The van der Waals surface area contributed by atoms with Crippen LogP contribution in [-0.2, 0) is 0 Å². The van der Waals surface area contributed by atoms with Crippen molar-refractivity contribution >= 4 is 11.8 Å². The van der Waals surface area contributed by atoms with Gasteiger partial charge in [0.05, 0.1) is 18.4 Å². The Morgan fingerprint density at radius 1 is 1.18 bits per heavy atom. The predicted octanol–water partition coefficient (Wildman–Crippen LogP) is 3.27. The Morgan fingerprint density at radius 2 is 1.94 bits per heavy atom. The van der Waals surface area contributed by atoms with E-state index in [9.17, 15) is 0 Å². The first-order valence-electron chi connectivity index (χ1n) is 6.70. The third kappa shape index (κ3) is 2.79. The van der Waals surface area contributed by atoms with E-state index in [0.29, 0.717) is 12.1 Å². The molecule has 0 atom stereocenters. The molecule has 1 saturated heterocycles. The Kier molecular flexibility index (Phi) is 3.60. The molecule has 2 fully saturated rings. The maximum atomic E-state index is 6.00. The molecule has 1 aliphatic carbocycles. The Hall–Kier alpha value is -0.640. The van der Waals surface area contributed by atoms with Crippen LogP contribution in [0.1, 0.15) is 44.6 Å². The fourth-order valence-electron chi connectivity index (χ4n) is 2.74. The molecule has 0 aromatic carbocycles. The first kappa shape index (κ1) is 11.5. The second-order valence-electron chi connectivity index (χ2n) is 5.02. The van der Waals surface area contributed by atoms with Crippen LogP contribution in [0.4, 0.5) is 0 Å². The average molecular weight is 252 g/mol. The highest BCUT2D eigenvalue weighted by molar-refractivity contribution is 7.99. The number of thioether (sulfide) groups is 1. The zero-order valence-electron chi connectivity index (χ0n) is 10.2. The molecule has 0 bridgehead atoms. The molecule has 3 nitrogen and oxygen atoms in total. The van der Waals surface area contributed by atoms with Crippen LogP contribution < -0.4 is 4.74 Å². The molecule has 2 heterocycles. The molecule has 3 rings (SSSR count). The monoisotopic (exact) mass is 252 g/mol. The van der Waals surface area contributed by atoms with E-state index in [1.807, 2.05) is 18.0 Å². The van der Waals surface area contributed by atoms with Crippen LogP contribution in [0, 0.1) is 0 Å². The highest BCUT2D eigenvalue weighted by Crippen LogP contribution is 2.30. The molecule has 94 valence electrons. The van der Waals surface area contributed by atoms with Crippen LogP contribution in [0.3, 0.4) is 0 Å². The van der Waals surface area contributed by atoms with Gasteiger partial charge in [0.15, 0.2) is 5.75 Å². The summed E-state index contributed by atoms with van der Waals surface area (Å²) in [6, 6.07) is 0.620. The standard InChI is InChI=1S/C13H20N2OS/c1-2-4-11(3-1)15-10-13(9-14-15)16-12-5-7-17-8-6-12/h9-12H,1-8H2. The van der Waals surface area contributed by atoms with Gasteiger partial charge in [-0.1, -0.05) is 12.8 Å². The van der Waals surface area contributed by atoms with Crippen molar-refractivity contribution in [2.24, 2.45) is 0 Å². The summed E-state index contributed by atoms with van der Waals surface area (Å²) in [5, 5.41) is 4.45. The predicted molar refractivity (Wildman–Crippen MR) is 70.7 cm³/mol. The van der Waals surface area contributed by atoms with Gasteiger partial charge >= 0.3 is 0 Å². The zero-order valence-corrected chi connectivity index (χ0v) is 11.0. The van der Waals surface area contributed by atoms with E-state index in [2.05, 4.69) is 16.0 Å². The summed E-state index contributed by atoms with van der Waals surface area (Å²) in [5.41, 5.74) is 0. The first-order valence-corrected chi connectivity index (χ1v) is 7.86. The molecule has 1 aromatic heterocycles. The number of nitrogens with zero attached hydrogens (tertiary/aromatic N) is 2. The van der Waals surface area contributed by atoms with Crippen molar-refractivity contribution < 1.29 is 4.74 Å². The maximum Gasteiger partial charge on any atom is 0.157 e. The summed E-state index contributed by atoms with van der Waals surface area (Å²) in [5.74, 6) is 3.44. The van der Waals surface area contributed by atoms with Gasteiger partial charge in [-0.15, -0.1) is 0 Å². The van der Waals surface area contributed by atoms with Gasteiger partial charge in [-0.2, -0.15) is 16.9 Å². The largest absolute Gasteiger partial charge is 0.487 e. The van der Waals surface area contributed by atoms with E-state index in [1.54, 1.807) is 0 Å². The normalized spacial score (nSPS) is 23.1. The molecular formula is C13H20N2OS.